The summed E-state index contributed by atoms with van der Waals surface area (Å²) in [7, 11) is 0. The Bertz CT molecular complexity index is 440. The number of hydrogen-bond donors (Lipinski definition) is 2. The van der Waals surface area contributed by atoms with Crippen LogP contribution in [0.5, 0.6) is 0 Å². The lowest BCUT2D eigenvalue weighted by molar-refractivity contribution is -0.127. The quantitative estimate of drug-likeness (QED) is 0.362. The van der Waals surface area contributed by atoms with Crippen LogP contribution in [0.1, 0.15) is 45.4 Å². The smallest absolute Gasteiger partial charge is 0.263 e. The molecule has 0 radical (unpaired) electrons. The average molecular weight is 306 g/mol. The van der Waals surface area contributed by atoms with E-state index in [1.165, 1.54) is 6.20 Å². The maximum Gasteiger partial charge on any atom is 0.263 e. The van der Waals surface area contributed by atoms with Crippen molar-refractivity contribution in [1.29, 1.82) is 5.26 Å². The van der Waals surface area contributed by atoms with Gasteiger partial charge in [0.2, 0.25) is 5.91 Å². The zero-order valence-corrected chi connectivity index (χ0v) is 13.4. The molecule has 1 aliphatic rings. The Kier molecular flexibility index (Phi) is 8.73. The molecule has 0 spiro atoms. The van der Waals surface area contributed by atoms with Crippen molar-refractivity contribution >= 4 is 11.8 Å². The molecule has 6 nitrogen and oxygen atoms in total. The number of nitrogens with one attached hydrogen (secondary N) is 2. The van der Waals surface area contributed by atoms with Crippen LogP contribution in [-0.4, -0.2) is 42.9 Å². The molecular weight excluding hydrogens is 280 g/mol. The molecule has 1 aliphatic heterocycles. The molecule has 0 aliphatic carbocycles. The van der Waals surface area contributed by atoms with E-state index in [0.29, 0.717) is 25.9 Å². The molecule has 0 saturated carbocycles. The van der Waals surface area contributed by atoms with Gasteiger partial charge in [-0.25, -0.2) is 0 Å². The van der Waals surface area contributed by atoms with Crippen molar-refractivity contribution in [3.8, 4) is 6.07 Å². The fourth-order valence-electron chi connectivity index (χ4n) is 2.31. The van der Waals surface area contributed by atoms with E-state index in [4.69, 9.17) is 5.26 Å². The highest BCUT2D eigenvalue weighted by Crippen LogP contribution is 2.09. The maximum atomic E-state index is 11.8. The Hall–Kier alpha value is -2.03. The molecule has 6 heteroatoms. The number of likely N-dealkylation sites (tertiary alicyclic amines) is 1. The van der Waals surface area contributed by atoms with Gasteiger partial charge in [0.1, 0.15) is 11.6 Å². The fraction of sp³-hybridized carbons (Fsp3) is 0.688. The Morgan fingerprint density at radius 1 is 1.36 bits per heavy atom. The van der Waals surface area contributed by atoms with E-state index in [1.807, 2.05) is 11.0 Å². The predicted molar refractivity (Wildman–Crippen MR) is 84.7 cm³/mol. The van der Waals surface area contributed by atoms with Gasteiger partial charge in [0.25, 0.3) is 5.91 Å². The highest BCUT2D eigenvalue weighted by Gasteiger charge is 2.19. The summed E-state index contributed by atoms with van der Waals surface area (Å²) < 4.78 is 0. The first kappa shape index (κ1) is 18.0. The molecule has 2 N–H and O–H groups in total. The second kappa shape index (κ2) is 10.7. The number of hydrogen-bond acceptors (Lipinski definition) is 4. The first-order chi connectivity index (χ1) is 10.7. The molecule has 22 heavy (non-hydrogen) atoms. The van der Waals surface area contributed by atoms with Crippen LogP contribution in [-0.2, 0) is 9.59 Å². The second-order valence-corrected chi connectivity index (χ2v) is 5.42. The highest BCUT2D eigenvalue weighted by atomic mass is 16.2. The van der Waals surface area contributed by atoms with Gasteiger partial charge in [0, 0.05) is 38.8 Å². The van der Waals surface area contributed by atoms with Crippen LogP contribution >= 0.6 is 0 Å². The summed E-state index contributed by atoms with van der Waals surface area (Å²) in [5.41, 5.74) is 0.0914. The fourth-order valence-corrected chi connectivity index (χ4v) is 2.31. The summed E-state index contributed by atoms with van der Waals surface area (Å²) in [6.45, 7) is 4.85. The Labute approximate surface area is 132 Å². The topological polar surface area (TPSA) is 85.2 Å². The molecule has 0 atom stereocenters. The Balaban J connectivity index is 2.19. The van der Waals surface area contributed by atoms with Gasteiger partial charge in [-0.2, -0.15) is 5.26 Å². The van der Waals surface area contributed by atoms with Crippen LogP contribution in [0, 0.1) is 11.3 Å². The van der Waals surface area contributed by atoms with Gasteiger partial charge in [-0.15, -0.1) is 0 Å². The van der Waals surface area contributed by atoms with Crippen LogP contribution in [0.3, 0.4) is 0 Å². The largest absolute Gasteiger partial charge is 0.390 e. The van der Waals surface area contributed by atoms with E-state index in [9.17, 15) is 9.59 Å². The van der Waals surface area contributed by atoms with Gasteiger partial charge in [-0.1, -0.05) is 19.8 Å². The van der Waals surface area contributed by atoms with Crippen LogP contribution in [0.15, 0.2) is 11.8 Å². The molecule has 0 aromatic carbocycles. The summed E-state index contributed by atoms with van der Waals surface area (Å²) >= 11 is 0. The molecular formula is C16H26N4O2. The lowest BCUT2D eigenvalue weighted by atomic mass is 10.2. The lowest BCUT2D eigenvalue weighted by Gasteiger charge is -2.15. The summed E-state index contributed by atoms with van der Waals surface area (Å²) in [5, 5.41) is 14.7. The Morgan fingerprint density at radius 3 is 2.82 bits per heavy atom. The van der Waals surface area contributed by atoms with E-state index >= 15 is 0 Å². The Morgan fingerprint density at radius 2 is 2.18 bits per heavy atom. The summed E-state index contributed by atoms with van der Waals surface area (Å²) in [6.07, 6.45) is 7.04. The monoisotopic (exact) mass is 306 g/mol. The molecule has 0 aromatic rings. The molecule has 1 fully saturated rings. The maximum absolute atomic E-state index is 11.8. The summed E-state index contributed by atoms with van der Waals surface area (Å²) in [4.78, 5) is 25.1. The molecule has 2 amide bonds. The third-order valence-electron chi connectivity index (χ3n) is 3.60. The lowest BCUT2D eigenvalue weighted by Crippen LogP contribution is -2.31. The third-order valence-corrected chi connectivity index (χ3v) is 3.60. The highest BCUT2D eigenvalue weighted by molar-refractivity contribution is 5.97. The van der Waals surface area contributed by atoms with Crippen molar-refractivity contribution in [2.24, 2.45) is 0 Å². The van der Waals surface area contributed by atoms with E-state index in [0.717, 1.165) is 38.8 Å². The molecule has 122 valence electrons. The predicted octanol–water partition coefficient (Wildman–Crippen LogP) is 1.30. The van der Waals surface area contributed by atoms with Gasteiger partial charge in [-0.05, 0) is 19.3 Å². The van der Waals surface area contributed by atoms with Gasteiger partial charge in [0.05, 0.1) is 0 Å². The zero-order chi connectivity index (χ0) is 16.2. The minimum absolute atomic E-state index is 0.0914. The van der Waals surface area contributed by atoms with Gasteiger partial charge < -0.3 is 15.5 Å². The minimum atomic E-state index is -0.363. The molecule has 1 heterocycles. The number of unbranched alkanes of at least 4 members (excludes halogenated alkanes) is 2. The molecule has 0 unspecified atom stereocenters. The SMILES string of the molecule is CCCCCN/C=C(/C#N)C(=O)NCCCN1CCCC1=O. The van der Waals surface area contributed by atoms with E-state index in [2.05, 4.69) is 17.6 Å². The van der Waals surface area contributed by atoms with Crippen molar-refractivity contribution in [1.82, 2.24) is 15.5 Å². The van der Waals surface area contributed by atoms with Crippen molar-refractivity contribution in [3.63, 3.8) is 0 Å². The van der Waals surface area contributed by atoms with Crippen molar-refractivity contribution in [3.05, 3.63) is 11.8 Å². The molecule has 1 saturated heterocycles. The van der Waals surface area contributed by atoms with E-state index < -0.39 is 0 Å². The average Bonchev–Trinajstić information content (AvgIpc) is 2.92. The summed E-state index contributed by atoms with van der Waals surface area (Å²) in [6, 6.07) is 1.90. The minimum Gasteiger partial charge on any atom is -0.390 e. The zero-order valence-electron chi connectivity index (χ0n) is 13.4. The number of nitriles is 1. The van der Waals surface area contributed by atoms with Gasteiger partial charge in [-0.3, -0.25) is 9.59 Å². The van der Waals surface area contributed by atoms with E-state index in [1.54, 1.807) is 0 Å². The van der Waals surface area contributed by atoms with Crippen LogP contribution < -0.4 is 10.6 Å². The third kappa shape index (κ3) is 6.61. The summed E-state index contributed by atoms with van der Waals surface area (Å²) in [5.74, 6) is -0.168. The molecule has 0 bridgehead atoms. The first-order valence-electron chi connectivity index (χ1n) is 8.08. The number of carbonyl (C=O) groups excluding carboxylic acids is 2. The van der Waals surface area contributed by atoms with Gasteiger partial charge in [0.15, 0.2) is 0 Å². The normalized spacial score (nSPS) is 14.8. The van der Waals surface area contributed by atoms with Crippen LogP contribution in [0.2, 0.25) is 0 Å². The van der Waals surface area contributed by atoms with E-state index in [-0.39, 0.29) is 17.4 Å². The number of carbonyl (C=O) groups is 2. The first-order valence-corrected chi connectivity index (χ1v) is 8.08. The van der Waals surface area contributed by atoms with Gasteiger partial charge >= 0.3 is 0 Å². The molecule has 1 rings (SSSR count). The second-order valence-electron chi connectivity index (χ2n) is 5.42. The molecule has 0 aromatic heterocycles. The number of rotatable bonds is 10. The van der Waals surface area contributed by atoms with Crippen molar-refractivity contribution < 1.29 is 9.59 Å². The van der Waals surface area contributed by atoms with Crippen molar-refractivity contribution in [2.75, 3.05) is 26.2 Å². The van der Waals surface area contributed by atoms with Crippen LogP contribution in [0.25, 0.3) is 0 Å². The van der Waals surface area contributed by atoms with Crippen LogP contribution in [0.4, 0.5) is 0 Å². The number of amides is 2. The standard InChI is InChI=1S/C16H26N4O2/c1-2-3-4-8-18-13-14(12-17)16(22)19-9-6-11-20-10-5-7-15(20)21/h13,18H,2-11H2,1H3,(H,19,22)/b14-13-. The number of nitrogens with zero attached hydrogens (tertiary/aromatic N) is 2. The van der Waals surface area contributed by atoms with Crippen molar-refractivity contribution in [2.45, 2.75) is 45.4 Å².